The molecule has 80 valence electrons. The molecule has 0 aliphatic heterocycles. The summed E-state index contributed by atoms with van der Waals surface area (Å²) in [6, 6.07) is 2.12. The molecule has 0 bridgehead atoms. The number of halogens is 2. The topological polar surface area (TPSA) is 43.8 Å². The fourth-order valence-corrected chi connectivity index (χ4v) is 3.04. The van der Waals surface area contributed by atoms with Crippen molar-refractivity contribution in [3.8, 4) is 0 Å². The van der Waals surface area contributed by atoms with E-state index < -0.39 is 0 Å². The molecule has 15 heavy (non-hydrogen) atoms. The van der Waals surface area contributed by atoms with Gasteiger partial charge in [0.15, 0.2) is 0 Å². The third-order valence-electron chi connectivity index (χ3n) is 2.03. The summed E-state index contributed by atoms with van der Waals surface area (Å²) in [7, 11) is 0. The van der Waals surface area contributed by atoms with Crippen LogP contribution in [0, 0.1) is 0 Å². The smallest absolute Gasteiger partial charge is 0.0983 e. The van der Waals surface area contributed by atoms with E-state index in [1.807, 2.05) is 5.38 Å². The normalized spacial score (nSPS) is 13.0. The van der Waals surface area contributed by atoms with Gasteiger partial charge in [-0.25, -0.2) is 0 Å². The summed E-state index contributed by atoms with van der Waals surface area (Å²) in [5, 5.41) is 6.83. The van der Waals surface area contributed by atoms with Gasteiger partial charge >= 0.3 is 0 Å². The summed E-state index contributed by atoms with van der Waals surface area (Å²) in [6.07, 6.45) is 3.40. The van der Waals surface area contributed by atoms with Crippen LogP contribution in [-0.2, 0) is 0 Å². The van der Waals surface area contributed by atoms with Gasteiger partial charge in [-0.2, -0.15) is 5.10 Å². The van der Waals surface area contributed by atoms with Gasteiger partial charge in [0.2, 0.25) is 0 Å². The van der Waals surface area contributed by atoms with Crippen molar-refractivity contribution in [1.29, 1.82) is 0 Å². The predicted octanol–water partition coefficient (Wildman–Crippen LogP) is 2.91. The van der Waals surface area contributed by atoms with Crippen molar-refractivity contribution in [1.82, 2.24) is 9.78 Å². The monoisotopic (exact) mass is 305 g/mol. The van der Waals surface area contributed by atoms with E-state index >= 15 is 0 Å². The first kappa shape index (κ1) is 11.1. The quantitative estimate of drug-likeness (QED) is 0.947. The molecule has 2 N–H and O–H groups in total. The Morgan fingerprint density at radius 2 is 2.47 bits per heavy atom. The second-order valence-corrected chi connectivity index (χ2v) is 5.35. The van der Waals surface area contributed by atoms with Gasteiger partial charge in [-0.1, -0.05) is 11.6 Å². The lowest BCUT2D eigenvalue weighted by atomic mass is 10.2. The molecule has 0 radical (unpaired) electrons. The van der Waals surface area contributed by atoms with E-state index in [2.05, 4.69) is 27.1 Å². The Balaban J connectivity index is 2.32. The highest BCUT2D eigenvalue weighted by Gasteiger charge is 2.14. The zero-order valence-corrected chi connectivity index (χ0v) is 10.9. The van der Waals surface area contributed by atoms with E-state index in [1.165, 1.54) is 4.88 Å². The van der Waals surface area contributed by atoms with Crippen LogP contribution in [0.3, 0.4) is 0 Å². The Labute approximate surface area is 105 Å². The third-order valence-corrected chi connectivity index (χ3v) is 4.02. The Bertz CT molecular complexity index is 413. The van der Waals surface area contributed by atoms with Gasteiger partial charge in [0.25, 0.3) is 0 Å². The molecule has 2 aromatic heterocycles. The zero-order chi connectivity index (χ0) is 10.8. The van der Waals surface area contributed by atoms with Crippen LogP contribution in [0.5, 0.6) is 0 Å². The molecule has 2 heterocycles. The summed E-state index contributed by atoms with van der Waals surface area (Å²) < 4.78 is 2.86. The van der Waals surface area contributed by atoms with Crippen LogP contribution in [0.4, 0.5) is 0 Å². The molecule has 0 aliphatic rings. The number of rotatable bonds is 3. The van der Waals surface area contributed by atoms with E-state index in [9.17, 15) is 0 Å². The van der Waals surface area contributed by atoms with E-state index in [0.717, 1.165) is 4.47 Å². The summed E-state index contributed by atoms with van der Waals surface area (Å²) in [6.45, 7) is 0.505. The number of hydrogen-bond acceptors (Lipinski definition) is 3. The van der Waals surface area contributed by atoms with Crippen molar-refractivity contribution in [2.75, 3.05) is 6.54 Å². The van der Waals surface area contributed by atoms with Gasteiger partial charge in [-0.05, 0) is 22.0 Å². The van der Waals surface area contributed by atoms with Crippen molar-refractivity contribution in [3.63, 3.8) is 0 Å². The Morgan fingerprint density at radius 1 is 1.67 bits per heavy atom. The Hall–Kier alpha value is -0.360. The molecule has 0 saturated heterocycles. The number of hydrogen-bond donors (Lipinski definition) is 1. The van der Waals surface area contributed by atoms with Gasteiger partial charge in [0.1, 0.15) is 0 Å². The van der Waals surface area contributed by atoms with Crippen molar-refractivity contribution < 1.29 is 0 Å². The lowest BCUT2D eigenvalue weighted by Gasteiger charge is -2.12. The largest absolute Gasteiger partial charge is 0.328 e. The lowest BCUT2D eigenvalue weighted by molar-refractivity contribution is 0.539. The van der Waals surface area contributed by atoms with Crippen LogP contribution in [0.25, 0.3) is 0 Å². The van der Waals surface area contributed by atoms with Crippen LogP contribution in [0.2, 0.25) is 5.02 Å². The third kappa shape index (κ3) is 2.42. The second-order valence-electron chi connectivity index (χ2n) is 3.06. The maximum atomic E-state index is 5.82. The Kier molecular flexibility index (Phi) is 3.45. The standard InChI is InChI=1S/C9H9BrClN3S/c10-6-1-9(15-5-6)8(2-12)14-4-7(11)3-13-14/h1,3-5,8H,2,12H2. The maximum absolute atomic E-state index is 5.82. The van der Waals surface area contributed by atoms with Crippen LogP contribution in [0.15, 0.2) is 28.3 Å². The van der Waals surface area contributed by atoms with Crippen LogP contribution in [-0.4, -0.2) is 16.3 Å². The van der Waals surface area contributed by atoms with E-state index in [0.29, 0.717) is 11.6 Å². The molecular weight excluding hydrogens is 298 g/mol. The first-order valence-corrected chi connectivity index (χ1v) is 6.39. The Morgan fingerprint density at radius 3 is 2.93 bits per heavy atom. The van der Waals surface area contributed by atoms with Crippen molar-refractivity contribution >= 4 is 38.9 Å². The van der Waals surface area contributed by atoms with E-state index in [4.69, 9.17) is 17.3 Å². The molecule has 0 saturated carbocycles. The molecule has 2 rings (SSSR count). The highest BCUT2D eigenvalue weighted by atomic mass is 79.9. The van der Waals surface area contributed by atoms with Crippen LogP contribution in [0.1, 0.15) is 10.9 Å². The van der Waals surface area contributed by atoms with Crippen molar-refractivity contribution in [3.05, 3.63) is 38.2 Å². The molecule has 1 unspecified atom stereocenters. The van der Waals surface area contributed by atoms with Crippen molar-refractivity contribution in [2.45, 2.75) is 6.04 Å². The number of nitrogens with two attached hydrogens (primary N) is 1. The number of thiophene rings is 1. The fourth-order valence-electron chi connectivity index (χ4n) is 1.34. The van der Waals surface area contributed by atoms with Crippen LogP contribution < -0.4 is 5.73 Å². The number of nitrogens with zero attached hydrogens (tertiary/aromatic N) is 2. The molecule has 0 aromatic carbocycles. The first-order chi connectivity index (χ1) is 7.20. The molecular formula is C9H9BrClN3S. The molecule has 0 fully saturated rings. The maximum Gasteiger partial charge on any atom is 0.0983 e. The lowest BCUT2D eigenvalue weighted by Crippen LogP contribution is -2.19. The zero-order valence-electron chi connectivity index (χ0n) is 7.73. The highest BCUT2D eigenvalue weighted by molar-refractivity contribution is 9.10. The van der Waals surface area contributed by atoms with Crippen molar-refractivity contribution in [2.24, 2.45) is 5.73 Å². The molecule has 0 spiro atoms. The molecule has 2 aromatic rings. The molecule has 1 atom stereocenters. The van der Waals surface area contributed by atoms with Gasteiger partial charge < -0.3 is 5.73 Å². The van der Waals surface area contributed by atoms with Gasteiger partial charge in [0.05, 0.1) is 17.3 Å². The van der Waals surface area contributed by atoms with Gasteiger partial charge in [0, 0.05) is 27.5 Å². The summed E-state index contributed by atoms with van der Waals surface area (Å²) in [4.78, 5) is 1.17. The SMILES string of the molecule is NCC(c1cc(Br)cs1)n1cc(Cl)cn1. The average molecular weight is 307 g/mol. The fraction of sp³-hybridized carbons (Fsp3) is 0.222. The molecule has 0 aliphatic carbocycles. The molecule has 3 nitrogen and oxygen atoms in total. The first-order valence-electron chi connectivity index (χ1n) is 4.34. The minimum absolute atomic E-state index is 0.0637. The minimum Gasteiger partial charge on any atom is -0.328 e. The summed E-state index contributed by atoms with van der Waals surface area (Å²) in [5.74, 6) is 0. The average Bonchev–Trinajstić information content (AvgIpc) is 2.78. The summed E-state index contributed by atoms with van der Waals surface area (Å²) >= 11 is 10.9. The van der Waals surface area contributed by atoms with Gasteiger partial charge in [-0.3, -0.25) is 4.68 Å². The van der Waals surface area contributed by atoms with E-state index in [1.54, 1.807) is 28.4 Å². The minimum atomic E-state index is 0.0637. The molecule has 0 amide bonds. The predicted molar refractivity (Wildman–Crippen MR) is 66.4 cm³/mol. The van der Waals surface area contributed by atoms with E-state index in [-0.39, 0.29) is 6.04 Å². The molecule has 6 heteroatoms. The van der Waals surface area contributed by atoms with Gasteiger partial charge in [-0.15, -0.1) is 11.3 Å². The van der Waals surface area contributed by atoms with Crippen LogP contribution >= 0.6 is 38.9 Å². The number of aromatic nitrogens is 2. The highest BCUT2D eigenvalue weighted by Crippen LogP contribution is 2.27. The summed E-state index contributed by atoms with van der Waals surface area (Å²) in [5.41, 5.74) is 5.74. The second kappa shape index (κ2) is 4.65.